The van der Waals surface area contributed by atoms with E-state index < -0.39 is 0 Å². The molecule has 0 N–H and O–H groups in total. The molecule has 0 unspecified atom stereocenters. The third kappa shape index (κ3) is 4.41. The fourth-order valence-corrected chi connectivity index (χ4v) is 2.60. The van der Waals surface area contributed by atoms with Crippen LogP contribution in [0, 0.1) is 11.7 Å². The average molecular weight is 249 g/mol. The van der Waals surface area contributed by atoms with E-state index in [1.54, 1.807) is 12.1 Å². The standard InChI is InChI=1S/C16H24FN/c1-14-9-12-18(13-10-14)11-3-2-4-15-5-7-16(17)8-6-15/h5-8,14H,2-4,9-13H2,1H3. The minimum atomic E-state index is -0.138. The first-order valence-corrected chi connectivity index (χ1v) is 7.21. The van der Waals surface area contributed by atoms with Crippen LogP contribution in [0.15, 0.2) is 24.3 Å². The zero-order valence-corrected chi connectivity index (χ0v) is 11.4. The van der Waals surface area contributed by atoms with Gasteiger partial charge in [-0.25, -0.2) is 4.39 Å². The van der Waals surface area contributed by atoms with Crippen molar-refractivity contribution in [3.63, 3.8) is 0 Å². The van der Waals surface area contributed by atoms with Crippen molar-refractivity contribution in [3.8, 4) is 0 Å². The van der Waals surface area contributed by atoms with E-state index in [0.29, 0.717) is 0 Å². The average Bonchev–Trinajstić information content (AvgIpc) is 2.39. The Morgan fingerprint density at radius 2 is 1.78 bits per heavy atom. The lowest BCUT2D eigenvalue weighted by atomic mass is 9.99. The SMILES string of the molecule is CC1CCN(CCCCc2ccc(F)cc2)CC1. The maximum atomic E-state index is 12.7. The van der Waals surface area contributed by atoms with Crippen LogP contribution in [0.5, 0.6) is 0 Å². The summed E-state index contributed by atoms with van der Waals surface area (Å²) in [5, 5.41) is 0. The molecule has 1 aromatic rings. The molecule has 1 fully saturated rings. The van der Waals surface area contributed by atoms with Crippen LogP contribution in [0.25, 0.3) is 0 Å². The van der Waals surface area contributed by atoms with E-state index in [1.165, 1.54) is 50.9 Å². The number of benzene rings is 1. The van der Waals surface area contributed by atoms with Crippen LogP contribution in [-0.2, 0) is 6.42 Å². The molecule has 0 bridgehead atoms. The fraction of sp³-hybridized carbons (Fsp3) is 0.625. The van der Waals surface area contributed by atoms with Crippen molar-refractivity contribution in [1.82, 2.24) is 4.90 Å². The highest BCUT2D eigenvalue weighted by Gasteiger charge is 2.14. The third-order valence-corrected chi connectivity index (χ3v) is 3.98. The molecule has 0 amide bonds. The van der Waals surface area contributed by atoms with Crippen LogP contribution >= 0.6 is 0 Å². The summed E-state index contributed by atoms with van der Waals surface area (Å²) in [6, 6.07) is 6.92. The summed E-state index contributed by atoms with van der Waals surface area (Å²) in [5.41, 5.74) is 1.25. The molecule has 0 aromatic heterocycles. The molecule has 0 atom stereocenters. The molecule has 1 saturated heterocycles. The quantitative estimate of drug-likeness (QED) is 0.716. The van der Waals surface area contributed by atoms with E-state index in [2.05, 4.69) is 11.8 Å². The summed E-state index contributed by atoms with van der Waals surface area (Å²) in [5.74, 6) is 0.779. The van der Waals surface area contributed by atoms with Gasteiger partial charge in [0.2, 0.25) is 0 Å². The first-order valence-electron chi connectivity index (χ1n) is 7.21. The highest BCUT2D eigenvalue weighted by atomic mass is 19.1. The lowest BCUT2D eigenvalue weighted by molar-refractivity contribution is 0.189. The van der Waals surface area contributed by atoms with Crippen molar-refractivity contribution in [1.29, 1.82) is 0 Å². The van der Waals surface area contributed by atoms with Gasteiger partial charge in [0.1, 0.15) is 5.82 Å². The normalized spacial score (nSPS) is 18.1. The summed E-state index contributed by atoms with van der Waals surface area (Å²) in [6.07, 6.45) is 6.25. The van der Waals surface area contributed by atoms with Gasteiger partial charge in [-0.05, 0) is 75.4 Å². The molecule has 0 aliphatic carbocycles. The predicted molar refractivity (Wildman–Crippen MR) is 74.2 cm³/mol. The summed E-state index contributed by atoms with van der Waals surface area (Å²) >= 11 is 0. The van der Waals surface area contributed by atoms with E-state index >= 15 is 0 Å². The van der Waals surface area contributed by atoms with Gasteiger partial charge in [0, 0.05) is 0 Å². The Balaban J connectivity index is 1.60. The van der Waals surface area contributed by atoms with Gasteiger partial charge < -0.3 is 4.90 Å². The van der Waals surface area contributed by atoms with E-state index in [0.717, 1.165) is 12.3 Å². The smallest absolute Gasteiger partial charge is 0.123 e. The van der Waals surface area contributed by atoms with Crippen LogP contribution in [0.3, 0.4) is 0 Å². The van der Waals surface area contributed by atoms with Crippen molar-refractivity contribution < 1.29 is 4.39 Å². The van der Waals surface area contributed by atoms with E-state index in [9.17, 15) is 4.39 Å². The van der Waals surface area contributed by atoms with Crippen molar-refractivity contribution in [2.24, 2.45) is 5.92 Å². The van der Waals surface area contributed by atoms with Crippen LogP contribution in [-0.4, -0.2) is 24.5 Å². The van der Waals surface area contributed by atoms with Gasteiger partial charge in [-0.15, -0.1) is 0 Å². The molecule has 0 saturated carbocycles. The van der Waals surface area contributed by atoms with E-state index in [1.807, 2.05) is 12.1 Å². The number of piperidine rings is 1. The molecule has 0 radical (unpaired) electrons. The minimum Gasteiger partial charge on any atom is -0.303 e. The lowest BCUT2D eigenvalue weighted by Gasteiger charge is -2.30. The molecule has 0 spiro atoms. The van der Waals surface area contributed by atoms with Crippen molar-refractivity contribution in [3.05, 3.63) is 35.6 Å². The lowest BCUT2D eigenvalue weighted by Crippen LogP contribution is -2.33. The Bertz CT molecular complexity index is 339. The zero-order chi connectivity index (χ0) is 12.8. The predicted octanol–water partition coefficient (Wildman–Crippen LogP) is 3.88. The molecule has 2 rings (SSSR count). The third-order valence-electron chi connectivity index (χ3n) is 3.98. The molecule has 100 valence electrons. The minimum absolute atomic E-state index is 0.138. The number of hydrogen-bond acceptors (Lipinski definition) is 1. The second-order valence-corrected chi connectivity index (χ2v) is 5.61. The fourth-order valence-electron chi connectivity index (χ4n) is 2.60. The van der Waals surface area contributed by atoms with Gasteiger partial charge in [0.05, 0.1) is 0 Å². The zero-order valence-electron chi connectivity index (χ0n) is 11.4. The van der Waals surface area contributed by atoms with Gasteiger partial charge in [0.15, 0.2) is 0 Å². The van der Waals surface area contributed by atoms with Crippen molar-refractivity contribution in [2.45, 2.75) is 39.0 Å². The molecular weight excluding hydrogens is 225 g/mol. The van der Waals surface area contributed by atoms with Crippen LogP contribution in [0.4, 0.5) is 4.39 Å². The summed E-state index contributed by atoms with van der Waals surface area (Å²) in [6.45, 7) is 6.13. The topological polar surface area (TPSA) is 3.24 Å². The molecule has 1 heterocycles. The summed E-state index contributed by atoms with van der Waals surface area (Å²) in [4.78, 5) is 2.59. The number of aryl methyl sites for hydroxylation is 1. The Hall–Kier alpha value is -0.890. The Kier molecular flexibility index (Phi) is 5.18. The highest BCUT2D eigenvalue weighted by molar-refractivity contribution is 5.15. The molecular formula is C16H24FN. The molecule has 1 aliphatic rings. The van der Waals surface area contributed by atoms with E-state index in [-0.39, 0.29) is 5.82 Å². The van der Waals surface area contributed by atoms with Crippen LogP contribution in [0.1, 0.15) is 38.2 Å². The van der Waals surface area contributed by atoms with Crippen LogP contribution in [0.2, 0.25) is 0 Å². The Morgan fingerprint density at radius 1 is 1.11 bits per heavy atom. The molecule has 1 aromatic carbocycles. The largest absolute Gasteiger partial charge is 0.303 e. The first-order chi connectivity index (χ1) is 8.74. The molecule has 1 aliphatic heterocycles. The maximum Gasteiger partial charge on any atom is 0.123 e. The van der Waals surface area contributed by atoms with Gasteiger partial charge in [-0.3, -0.25) is 0 Å². The second-order valence-electron chi connectivity index (χ2n) is 5.61. The monoisotopic (exact) mass is 249 g/mol. The number of nitrogens with zero attached hydrogens (tertiary/aromatic N) is 1. The van der Waals surface area contributed by atoms with Gasteiger partial charge >= 0.3 is 0 Å². The Morgan fingerprint density at radius 3 is 2.44 bits per heavy atom. The summed E-state index contributed by atoms with van der Waals surface area (Å²) in [7, 11) is 0. The van der Waals surface area contributed by atoms with E-state index in [4.69, 9.17) is 0 Å². The number of likely N-dealkylation sites (tertiary alicyclic amines) is 1. The summed E-state index contributed by atoms with van der Waals surface area (Å²) < 4.78 is 12.7. The second kappa shape index (κ2) is 6.89. The number of rotatable bonds is 5. The van der Waals surface area contributed by atoms with Crippen molar-refractivity contribution >= 4 is 0 Å². The van der Waals surface area contributed by atoms with Gasteiger partial charge in [-0.1, -0.05) is 19.1 Å². The molecule has 1 nitrogen and oxygen atoms in total. The molecule has 18 heavy (non-hydrogen) atoms. The van der Waals surface area contributed by atoms with Crippen LogP contribution < -0.4 is 0 Å². The maximum absolute atomic E-state index is 12.7. The first kappa shape index (κ1) is 13.5. The highest BCUT2D eigenvalue weighted by Crippen LogP contribution is 2.16. The number of hydrogen-bond donors (Lipinski definition) is 0. The number of halogens is 1. The molecule has 2 heteroatoms. The van der Waals surface area contributed by atoms with Gasteiger partial charge in [-0.2, -0.15) is 0 Å². The Labute approximate surface area is 110 Å². The van der Waals surface area contributed by atoms with Gasteiger partial charge in [0.25, 0.3) is 0 Å². The number of unbranched alkanes of at least 4 members (excludes halogenated alkanes) is 1. The van der Waals surface area contributed by atoms with Crippen molar-refractivity contribution in [2.75, 3.05) is 19.6 Å².